The first-order valence-electron chi connectivity index (χ1n) is 5.30. The number of nitro benzene ring substituents is 1. The van der Waals surface area contributed by atoms with Gasteiger partial charge in [0.25, 0.3) is 5.69 Å². The highest BCUT2D eigenvalue weighted by molar-refractivity contribution is 6.33. The maximum Gasteiger partial charge on any atom is 0.327 e. The quantitative estimate of drug-likeness (QED) is 0.471. The molecule has 20 heavy (non-hydrogen) atoms. The van der Waals surface area contributed by atoms with E-state index in [0.717, 1.165) is 4.68 Å². The monoisotopic (exact) mass is 297 g/mol. The molecule has 2 rings (SSSR count). The number of non-ortho nitro benzene ring substituents is 1. The fourth-order valence-corrected chi connectivity index (χ4v) is 1.69. The molecule has 0 aliphatic heterocycles. The molecule has 0 saturated carbocycles. The smallest absolute Gasteiger partial charge is 0.327 e. The number of ether oxygens (including phenoxy) is 1. The minimum Gasteiger partial charge on any atom is -0.468 e. The number of benzene rings is 1. The Hall–Kier alpha value is -2.55. The van der Waals surface area contributed by atoms with Crippen molar-refractivity contribution in [3.8, 4) is 11.4 Å². The van der Waals surface area contributed by atoms with Crippen LogP contribution in [0.4, 0.5) is 5.69 Å². The lowest BCUT2D eigenvalue weighted by Crippen LogP contribution is -2.14. The Morgan fingerprint density at radius 1 is 1.55 bits per heavy atom. The van der Waals surface area contributed by atoms with E-state index in [1.165, 1.54) is 25.3 Å². The number of nitrogens with zero attached hydrogens (tertiary/aromatic N) is 5. The number of aromatic nitrogens is 4. The SMILES string of the molecule is COC(=O)Cn1nnnc1-c1cc([N+](=O)[O-])ccc1Cl. The van der Waals surface area contributed by atoms with Crippen LogP contribution in [0.15, 0.2) is 18.2 Å². The summed E-state index contributed by atoms with van der Waals surface area (Å²) in [6, 6.07) is 3.87. The second-order valence-corrected chi connectivity index (χ2v) is 4.06. The van der Waals surface area contributed by atoms with Crippen molar-refractivity contribution in [1.29, 1.82) is 0 Å². The summed E-state index contributed by atoms with van der Waals surface area (Å²) in [5.41, 5.74) is 0.104. The molecule has 0 saturated heterocycles. The maximum absolute atomic E-state index is 11.2. The second-order valence-electron chi connectivity index (χ2n) is 3.66. The van der Waals surface area contributed by atoms with Gasteiger partial charge in [0.05, 0.1) is 17.1 Å². The Kier molecular flexibility index (Phi) is 3.89. The molecule has 1 heterocycles. The molecule has 1 aromatic carbocycles. The fraction of sp³-hybridized carbons (Fsp3) is 0.200. The number of nitro groups is 1. The first-order chi connectivity index (χ1) is 9.52. The number of rotatable bonds is 4. The van der Waals surface area contributed by atoms with Gasteiger partial charge in [-0.15, -0.1) is 5.10 Å². The van der Waals surface area contributed by atoms with Gasteiger partial charge in [-0.2, -0.15) is 0 Å². The predicted octanol–water partition coefficient (Wildman–Crippen LogP) is 1.07. The number of esters is 1. The molecule has 0 spiro atoms. The van der Waals surface area contributed by atoms with Gasteiger partial charge in [-0.05, 0) is 16.5 Å². The number of tetrazole rings is 1. The highest BCUT2D eigenvalue weighted by Crippen LogP contribution is 2.29. The molecule has 0 aliphatic rings. The zero-order valence-corrected chi connectivity index (χ0v) is 10.9. The van der Waals surface area contributed by atoms with Crippen LogP contribution in [0.1, 0.15) is 0 Å². The van der Waals surface area contributed by atoms with Crippen molar-refractivity contribution in [1.82, 2.24) is 20.2 Å². The molecule has 0 amide bonds. The van der Waals surface area contributed by atoms with Crippen LogP contribution in [0.25, 0.3) is 11.4 Å². The summed E-state index contributed by atoms with van der Waals surface area (Å²) in [7, 11) is 1.23. The highest BCUT2D eigenvalue weighted by Gasteiger charge is 2.18. The van der Waals surface area contributed by atoms with E-state index < -0.39 is 10.9 Å². The Morgan fingerprint density at radius 2 is 2.30 bits per heavy atom. The van der Waals surface area contributed by atoms with E-state index >= 15 is 0 Å². The molecule has 0 bridgehead atoms. The number of carbonyl (C=O) groups excluding carboxylic acids is 1. The molecule has 10 heteroatoms. The molecule has 0 unspecified atom stereocenters. The van der Waals surface area contributed by atoms with Crippen molar-refractivity contribution in [2.75, 3.05) is 7.11 Å². The summed E-state index contributed by atoms with van der Waals surface area (Å²) in [6.45, 7) is -0.224. The van der Waals surface area contributed by atoms with Gasteiger partial charge in [0.1, 0.15) is 6.54 Å². The Morgan fingerprint density at radius 3 is 2.95 bits per heavy atom. The van der Waals surface area contributed by atoms with Crippen molar-refractivity contribution >= 4 is 23.3 Å². The number of hydrogen-bond donors (Lipinski definition) is 0. The number of methoxy groups -OCH3 is 1. The summed E-state index contributed by atoms with van der Waals surface area (Å²) < 4.78 is 5.66. The van der Waals surface area contributed by atoms with E-state index in [-0.39, 0.29) is 28.6 Å². The molecule has 0 aliphatic carbocycles. The van der Waals surface area contributed by atoms with Crippen LogP contribution < -0.4 is 0 Å². The zero-order valence-electron chi connectivity index (χ0n) is 10.2. The van der Waals surface area contributed by atoms with Crippen LogP contribution in [0, 0.1) is 10.1 Å². The van der Waals surface area contributed by atoms with Gasteiger partial charge in [-0.1, -0.05) is 11.6 Å². The largest absolute Gasteiger partial charge is 0.468 e. The number of hydrogen-bond acceptors (Lipinski definition) is 7. The summed E-state index contributed by atoms with van der Waals surface area (Å²) >= 11 is 5.99. The standard InChI is InChI=1S/C10H8ClN5O4/c1-20-9(17)5-15-10(12-13-14-15)7-4-6(16(18)19)2-3-8(7)11/h2-4H,5H2,1H3. The third kappa shape index (κ3) is 2.72. The molecular weight excluding hydrogens is 290 g/mol. The molecule has 0 fully saturated rings. The third-order valence-corrected chi connectivity index (χ3v) is 2.77. The van der Waals surface area contributed by atoms with E-state index in [1.54, 1.807) is 0 Å². The molecular formula is C10H8ClN5O4. The van der Waals surface area contributed by atoms with Gasteiger partial charge in [0, 0.05) is 17.7 Å². The Labute approximate surface area is 117 Å². The molecule has 0 atom stereocenters. The molecule has 1 aromatic heterocycles. The van der Waals surface area contributed by atoms with Crippen LogP contribution >= 0.6 is 11.6 Å². The summed E-state index contributed by atoms with van der Waals surface area (Å²) in [5, 5.41) is 21.8. The Balaban J connectivity index is 2.46. The first-order valence-corrected chi connectivity index (χ1v) is 5.68. The van der Waals surface area contributed by atoms with Gasteiger partial charge >= 0.3 is 5.97 Å². The molecule has 104 valence electrons. The van der Waals surface area contributed by atoms with E-state index in [2.05, 4.69) is 20.3 Å². The average Bonchev–Trinajstić information content (AvgIpc) is 2.86. The van der Waals surface area contributed by atoms with E-state index in [1.807, 2.05) is 0 Å². The van der Waals surface area contributed by atoms with Crippen molar-refractivity contribution in [3.05, 3.63) is 33.3 Å². The lowest BCUT2D eigenvalue weighted by molar-refractivity contribution is -0.384. The molecule has 0 N–H and O–H groups in total. The first kappa shape index (κ1) is 13.9. The second kappa shape index (κ2) is 5.61. The summed E-state index contributed by atoms with van der Waals surface area (Å²) in [5.74, 6) is -0.413. The Bertz CT molecular complexity index is 671. The topological polar surface area (TPSA) is 113 Å². The third-order valence-electron chi connectivity index (χ3n) is 2.44. The van der Waals surface area contributed by atoms with Crippen LogP contribution in [-0.2, 0) is 16.1 Å². The average molecular weight is 298 g/mol. The molecule has 2 aromatic rings. The number of carbonyl (C=O) groups is 1. The van der Waals surface area contributed by atoms with Crippen molar-refractivity contribution in [2.24, 2.45) is 0 Å². The lowest BCUT2D eigenvalue weighted by atomic mass is 10.2. The van der Waals surface area contributed by atoms with Crippen LogP contribution in [-0.4, -0.2) is 38.2 Å². The van der Waals surface area contributed by atoms with Crippen LogP contribution in [0.5, 0.6) is 0 Å². The summed E-state index contributed by atoms with van der Waals surface area (Å²) in [4.78, 5) is 21.5. The normalized spacial score (nSPS) is 10.3. The van der Waals surface area contributed by atoms with Gasteiger partial charge in [-0.25, -0.2) is 4.68 Å². The number of halogens is 1. The van der Waals surface area contributed by atoms with Gasteiger partial charge in [-0.3, -0.25) is 14.9 Å². The van der Waals surface area contributed by atoms with E-state index in [9.17, 15) is 14.9 Å². The van der Waals surface area contributed by atoms with E-state index in [0.29, 0.717) is 0 Å². The lowest BCUT2D eigenvalue weighted by Gasteiger charge is -2.05. The molecule has 9 nitrogen and oxygen atoms in total. The molecule has 0 radical (unpaired) electrons. The van der Waals surface area contributed by atoms with Crippen molar-refractivity contribution < 1.29 is 14.5 Å². The minimum absolute atomic E-state index is 0.143. The van der Waals surface area contributed by atoms with Gasteiger partial charge < -0.3 is 4.74 Å². The zero-order chi connectivity index (χ0) is 14.7. The maximum atomic E-state index is 11.2. The van der Waals surface area contributed by atoms with Gasteiger partial charge in [0.2, 0.25) is 0 Å². The minimum atomic E-state index is -0.561. The van der Waals surface area contributed by atoms with Crippen molar-refractivity contribution in [3.63, 3.8) is 0 Å². The van der Waals surface area contributed by atoms with Gasteiger partial charge in [0.15, 0.2) is 5.82 Å². The van der Waals surface area contributed by atoms with Crippen LogP contribution in [0.2, 0.25) is 5.02 Å². The fourth-order valence-electron chi connectivity index (χ4n) is 1.49. The van der Waals surface area contributed by atoms with Crippen LogP contribution in [0.3, 0.4) is 0 Å². The summed E-state index contributed by atoms with van der Waals surface area (Å²) in [6.07, 6.45) is 0. The van der Waals surface area contributed by atoms with Crippen molar-refractivity contribution in [2.45, 2.75) is 6.54 Å². The predicted molar refractivity (Wildman–Crippen MR) is 66.9 cm³/mol. The van der Waals surface area contributed by atoms with E-state index in [4.69, 9.17) is 11.6 Å². The highest BCUT2D eigenvalue weighted by atomic mass is 35.5.